The predicted octanol–water partition coefficient (Wildman–Crippen LogP) is 3.28. The molecular formula is C23H26N4O4. The normalized spacial score (nSPS) is 16.5. The van der Waals surface area contributed by atoms with Crippen LogP contribution >= 0.6 is 0 Å². The third-order valence-electron chi connectivity index (χ3n) is 5.91. The number of para-hydroxylation sites is 1. The van der Waals surface area contributed by atoms with Gasteiger partial charge in [-0.3, -0.25) is 4.90 Å². The van der Waals surface area contributed by atoms with Crippen molar-refractivity contribution in [1.82, 2.24) is 15.0 Å². The number of anilines is 1. The molecule has 0 bridgehead atoms. The number of hydrogen-bond acceptors (Lipinski definition) is 8. The summed E-state index contributed by atoms with van der Waals surface area (Å²) in [4.78, 5) is 6.95. The lowest BCUT2D eigenvalue weighted by molar-refractivity contribution is 0.127. The van der Waals surface area contributed by atoms with Crippen LogP contribution in [0.15, 0.2) is 47.0 Å². The van der Waals surface area contributed by atoms with E-state index in [9.17, 15) is 5.11 Å². The Balaban J connectivity index is 1.22. The van der Waals surface area contributed by atoms with Crippen molar-refractivity contribution in [1.29, 1.82) is 0 Å². The van der Waals surface area contributed by atoms with E-state index in [1.165, 1.54) is 5.56 Å². The molecule has 2 aliphatic rings. The van der Waals surface area contributed by atoms with Crippen LogP contribution in [0.4, 0.5) is 5.69 Å². The van der Waals surface area contributed by atoms with Gasteiger partial charge in [0, 0.05) is 24.4 Å². The van der Waals surface area contributed by atoms with E-state index in [0.717, 1.165) is 49.5 Å². The average Bonchev–Trinajstić information content (AvgIpc) is 3.48. The van der Waals surface area contributed by atoms with E-state index in [0.29, 0.717) is 36.5 Å². The molecule has 0 atom stereocenters. The molecule has 2 aromatic carbocycles. The number of benzene rings is 2. The van der Waals surface area contributed by atoms with Gasteiger partial charge in [0.05, 0.1) is 6.54 Å². The van der Waals surface area contributed by atoms with Crippen molar-refractivity contribution in [3.8, 4) is 22.9 Å². The molecule has 0 radical (unpaired) electrons. The number of aliphatic hydroxyl groups excluding tert-OH is 1. The number of hydrogen-bond donors (Lipinski definition) is 2. The molecule has 162 valence electrons. The first-order valence-corrected chi connectivity index (χ1v) is 10.7. The minimum atomic E-state index is 0.235. The van der Waals surface area contributed by atoms with Gasteiger partial charge in [-0.2, -0.15) is 4.98 Å². The number of aliphatic hydroxyl groups is 1. The molecule has 8 nitrogen and oxygen atoms in total. The third-order valence-corrected chi connectivity index (χ3v) is 5.91. The molecule has 1 aromatic heterocycles. The maximum Gasteiger partial charge on any atom is 0.246 e. The van der Waals surface area contributed by atoms with Gasteiger partial charge in [0.15, 0.2) is 11.5 Å². The summed E-state index contributed by atoms with van der Waals surface area (Å²) in [5.41, 5.74) is 3.13. The summed E-state index contributed by atoms with van der Waals surface area (Å²) < 4.78 is 16.2. The monoisotopic (exact) mass is 422 g/mol. The molecule has 0 amide bonds. The molecule has 31 heavy (non-hydrogen) atoms. The molecule has 0 unspecified atom stereocenters. The Morgan fingerprint density at radius 1 is 1.06 bits per heavy atom. The molecule has 5 rings (SSSR count). The summed E-state index contributed by atoms with van der Waals surface area (Å²) in [6.45, 7) is 3.89. The number of rotatable bonds is 7. The zero-order chi connectivity index (χ0) is 21.0. The highest BCUT2D eigenvalue weighted by Gasteiger charge is 2.20. The van der Waals surface area contributed by atoms with Gasteiger partial charge in [0.2, 0.25) is 18.5 Å². The van der Waals surface area contributed by atoms with Gasteiger partial charge in [0.1, 0.15) is 0 Å². The molecule has 2 N–H and O–H groups in total. The van der Waals surface area contributed by atoms with Crippen LogP contribution in [0.3, 0.4) is 0 Å². The van der Waals surface area contributed by atoms with Crippen LogP contribution in [0.1, 0.15) is 24.3 Å². The summed E-state index contributed by atoms with van der Waals surface area (Å²) in [6, 6.07) is 13.9. The lowest BCUT2D eigenvalue weighted by Crippen LogP contribution is -2.34. The van der Waals surface area contributed by atoms with Gasteiger partial charge >= 0.3 is 0 Å². The second-order valence-corrected chi connectivity index (χ2v) is 7.99. The topological polar surface area (TPSA) is 92.9 Å². The minimum Gasteiger partial charge on any atom is -0.454 e. The number of aromatic nitrogens is 2. The zero-order valence-electron chi connectivity index (χ0n) is 17.3. The Bertz CT molecular complexity index is 1030. The maximum absolute atomic E-state index is 9.34. The summed E-state index contributed by atoms with van der Waals surface area (Å²) in [7, 11) is 0. The van der Waals surface area contributed by atoms with E-state index in [-0.39, 0.29) is 6.79 Å². The van der Waals surface area contributed by atoms with Gasteiger partial charge in [-0.05, 0) is 61.7 Å². The van der Waals surface area contributed by atoms with Gasteiger partial charge in [-0.15, -0.1) is 0 Å². The van der Waals surface area contributed by atoms with Crippen LogP contribution in [0, 0.1) is 5.92 Å². The summed E-state index contributed by atoms with van der Waals surface area (Å²) >= 11 is 0. The van der Waals surface area contributed by atoms with Crippen LogP contribution in [0.5, 0.6) is 11.5 Å². The van der Waals surface area contributed by atoms with Crippen LogP contribution in [0.25, 0.3) is 11.4 Å². The largest absolute Gasteiger partial charge is 0.454 e. The van der Waals surface area contributed by atoms with Crippen molar-refractivity contribution in [3.05, 3.63) is 53.9 Å². The number of fused-ring (bicyclic) bond motifs is 1. The first kappa shape index (κ1) is 19.8. The lowest BCUT2D eigenvalue weighted by Gasteiger charge is -2.31. The number of nitrogens with one attached hydrogen (secondary N) is 1. The fraction of sp³-hybridized carbons (Fsp3) is 0.391. The van der Waals surface area contributed by atoms with Crippen molar-refractivity contribution < 1.29 is 19.1 Å². The highest BCUT2D eigenvalue weighted by molar-refractivity contribution is 5.61. The van der Waals surface area contributed by atoms with Gasteiger partial charge in [0.25, 0.3) is 0 Å². The number of ether oxygens (including phenoxy) is 2. The lowest BCUT2D eigenvalue weighted by atomic mass is 9.97. The van der Waals surface area contributed by atoms with Crippen LogP contribution in [-0.4, -0.2) is 46.6 Å². The molecule has 0 aliphatic carbocycles. The molecule has 0 spiro atoms. The highest BCUT2D eigenvalue weighted by Crippen LogP contribution is 2.35. The van der Waals surface area contributed by atoms with Crippen LogP contribution in [0.2, 0.25) is 0 Å². The smallest absolute Gasteiger partial charge is 0.246 e. The van der Waals surface area contributed by atoms with Crippen molar-refractivity contribution in [3.63, 3.8) is 0 Å². The summed E-state index contributed by atoms with van der Waals surface area (Å²) in [6.07, 6.45) is 2.10. The predicted molar refractivity (Wildman–Crippen MR) is 115 cm³/mol. The Kier molecular flexibility index (Phi) is 5.73. The average molecular weight is 422 g/mol. The first-order valence-electron chi connectivity index (χ1n) is 10.7. The Labute approximate surface area is 180 Å². The van der Waals surface area contributed by atoms with E-state index >= 15 is 0 Å². The van der Waals surface area contributed by atoms with E-state index in [1.54, 1.807) is 0 Å². The number of piperidine rings is 1. The molecule has 1 saturated heterocycles. The van der Waals surface area contributed by atoms with E-state index in [4.69, 9.17) is 14.0 Å². The van der Waals surface area contributed by atoms with Crippen molar-refractivity contribution in [2.45, 2.75) is 25.9 Å². The molecule has 3 aromatic rings. The van der Waals surface area contributed by atoms with Gasteiger partial charge in [-0.25, -0.2) is 0 Å². The molecule has 3 heterocycles. The van der Waals surface area contributed by atoms with Crippen LogP contribution in [-0.2, 0) is 13.1 Å². The van der Waals surface area contributed by atoms with E-state index in [2.05, 4.69) is 38.6 Å². The van der Waals surface area contributed by atoms with E-state index < -0.39 is 0 Å². The van der Waals surface area contributed by atoms with Gasteiger partial charge in [-0.1, -0.05) is 23.4 Å². The quantitative estimate of drug-likeness (QED) is 0.599. The maximum atomic E-state index is 9.34. The van der Waals surface area contributed by atoms with Crippen molar-refractivity contribution in [2.24, 2.45) is 5.92 Å². The summed E-state index contributed by atoms with van der Waals surface area (Å²) in [5.74, 6) is 2.91. The summed E-state index contributed by atoms with van der Waals surface area (Å²) in [5, 5.41) is 16.9. The third kappa shape index (κ3) is 4.50. The SMILES string of the molecule is OCC1CCN(Cc2ccccc2NCc2nc(-c3ccc4c(c3)OCO4)no2)CC1. The molecule has 0 saturated carbocycles. The second kappa shape index (κ2) is 8.95. The fourth-order valence-electron chi connectivity index (χ4n) is 4.05. The first-order chi connectivity index (χ1) is 15.3. The van der Waals surface area contributed by atoms with E-state index in [1.807, 2.05) is 24.3 Å². The van der Waals surface area contributed by atoms with Crippen molar-refractivity contribution in [2.75, 3.05) is 31.8 Å². The Morgan fingerprint density at radius 2 is 1.90 bits per heavy atom. The van der Waals surface area contributed by atoms with Crippen LogP contribution < -0.4 is 14.8 Å². The number of likely N-dealkylation sites (tertiary alicyclic amines) is 1. The fourth-order valence-corrected chi connectivity index (χ4v) is 4.05. The molecule has 2 aliphatic heterocycles. The highest BCUT2D eigenvalue weighted by atomic mass is 16.7. The zero-order valence-corrected chi connectivity index (χ0v) is 17.3. The second-order valence-electron chi connectivity index (χ2n) is 7.99. The molecule has 1 fully saturated rings. The molecular weight excluding hydrogens is 396 g/mol. The number of nitrogens with zero attached hydrogens (tertiary/aromatic N) is 3. The minimum absolute atomic E-state index is 0.235. The Morgan fingerprint density at radius 3 is 2.77 bits per heavy atom. The van der Waals surface area contributed by atoms with Crippen molar-refractivity contribution >= 4 is 5.69 Å². The van der Waals surface area contributed by atoms with Gasteiger partial charge < -0.3 is 24.4 Å². The Hall–Kier alpha value is -3.10. The standard InChI is InChI=1S/C23H26N4O4/c28-14-16-7-9-27(10-8-16)13-18-3-1-2-4-19(18)24-12-22-25-23(26-31-22)17-5-6-20-21(11-17)30-15-29-20/h1-6,11,16,24,28H,7-10,12-15H2. The molecule has 8 heteroatoms.